The molecule has 2 unspecified atom stereocenters. The van der Waals surface area contributed by atoms with Crippen molar-refractivity contribution in [1.82, 2.24) is 5.32 Å². The van der Waals surface area contributed by atoms with Gasteiger partial charge < -0.3 is 10.1 Å². The van der Waals surface area contributed by atoms with E-state index in [1.54, 1.807) is 0 Å². The zero-order valence-electron chi connectivity index (χ0n) is 11.9. The summed E-state index contributed by atoms with van der Waals surface area (Å²) in [5.41, 5.74) is 4.12. The zero-order chi connectivity index (χ0) is 13.8. The number of benzene rings is 2. The monoisotopic (exact) mass is 267 g/mol. The van der Waals surface area contributed by atoms with Gasteiger partial charge in [0.25, 0.3) is 0 Å². The average molecular weight is 267 g/mol. The lowest BCUT2D eigenvalue weighted by Gasteiger charge is -2.32. The van der Waals surface area contributed by atoms with Crippen LogP contribution in [-0.4, -0.2) is 19.7 Å². The molecule has 2 atom stereocenters. The molecule has 2 nitrogen and oxygen atoms in total. The first-order valence-corrected chi connectivity index (χ1v) is 7.29. The van der Waals surface area contributed by atoms with Crippen molar-refractivity contribution in [3.8, 4) is 0 Å². The van der Waals surface area contributed by atoms with Crippen LogP contribution in [0, 0.1) is 0 Å². The van der Waals surface area contributed by atoms with Crippen LogP contribution in [0.1, 0.15) is 22.8 Å². The van der Waals surface area contributed by atoms with E-state index >= 15 is 0 Å². The fraction of sp³-hybridized carbons (Fsp3) is 0.333. The van der Waals surface area contributed by atoms with Crippen LogP contribution in [0.2, 0.25) is 0 Å². The van der Waals surface area contributed by atoms with Crippen LogP contribution in [0.3, 0.4) is 0 Å². The lowest BCUT2D eigenvalue weighted by Crippen LogP contribution is -2.38. The fourth-order valence-corrected chi connectivity index (χ4v) is 2.99. The minimum atomic E-state index is 0.144. The third-order valence-corrected chi connectivity index (χ3v) is 4.07. The lowest BCUT2D eigenvalue weighted by atomic mass is 9.90. The Morgan fingerprint density at radius 3 is 2.65 bits per heavy atom. The van der Waals surface area contributed by atoms with Crippen molar-refractivity contribution < 1.29 is 4.74 Å². The summed E-state index contributed by atoms with van der Waals surface area (Å²) in [6.07, 6.45) is 2.15. The van der Waals surface area contributed by atoms with Crippen LogP contribution in [0.5, 0.6) is 0 Å². The molecule has 1 aliphatic heterocycles. The van der Waals surface area contributed by atoms with Crippen LogP contribution in [0.25, 0.3) is 0 Å². The van der Waals surface area contributed by atoms with Crippen LogP contribution in [-0.2, 0) is 17.6 Å². The first-order valence-electron chi connectivity index (χ1n) is 7.29. The molecule has 0 saturated carbocycles. The number of hydrogen-bond donors (Lipinski definition) is 1. The third kappa shape index (κ3) is 2.77. The van der Waals surface area contributed by atoms with Gasteiger partial charge in [-0.25, -0.2) is 0 Å². The summed E-state index contributed by atoms with van der Waals surface area (Å²) in [5, 5.41) is 3.44. The van der Waals surface area contributed by atoms with Crippen LogP contribution < -0.4 is 5.32 Å². The molecular weight excluding hydrogens is 246 g/mol. The highest BCUT2D eigenvalue weighted by molar-refractivity contribution is 5.32. The Bertz CT molecular complexity index is 552. The predicted molar refractivity (Wildman–Crippen MR) is 81.8 cm³/mol. The Kier molecular flexibility index (Phi) is 4.14. The number of ether oxygens (including phenoxy) is 1. The molecule has 0 aromatic heterocycles. The quantitative estimate of drug-likeness (QED) is 0.919. The van der Waals surface area contributed by atoms with Crippen molar-refractivity contribution in [2.45, 2.75) is 25.0 Å². The molecular formula is C18H21NO. The van der Waals surface area contributed by atoms with Crippen molar-refractivity contribution >= 4 is 0 Å². The Labute approximate surface area is 120 Å². The van der Waals surface area contributed by atoms with Crippen LogP contribution in [0.15, 0.2) is 54.6 Å². The highest BCUT2D eigenvalue weighted by atomic mass is 16.5. The van der Waals surface area contributed by atoms with E-state index < -0.39 is 0 Å². The zero-order valence-corrected chi connectivity index (χ0v) is 11.9. The van der Waals surface area contributed by atoms with Gasteiger partial charge in [0, 0.05) is 6.04 Å². The van der Waals surface area contributed by atoms with Crippen LogP contribution in [0.4, 0.5) is 0 Å². The van der Waals surface area contributed by atoms with E-state index in [2.05, 4.69) is 59.9 Å². The van der Waals surface area contributed by atoms with E-state index in [1.165, 1.54) is 16.7 Å². The number of rotatable bonds is 4. The maximum absolute atomic E-state index is 6.07. The maximum atomic E-state index is 6.07. The molecule has 0 aliphatic carbocycles. The first-order chi connectivity index (χ1) is 9.88. The molecule has 104 valence electrons. The summed E-state index contributed by atoms with van der Waals surface area (Å²) < 4.78 is 6.07. The van der Waals surface area contributed by atoms with Gasteiger partial charge in [-0.1, -0.05) is 54.6 Å². The summed E-state index contributed by atoms with van der Waals surface area (Å²) in [5.74, 6) is 0. The van der Waals surface area contributed by atoms with E-state index in [4.69, 9.17) is 4.74 Å². The van der Waals surface area contributed by atoms with E-state index in [1.807, 2.05) is 7.05 Å². The van der Waals surface area contributed by atoms with Gasteiger partial charge in [0.15, 0.2) is 0 Å². The van der Waals surface area contributed by atoms with Crippen molar-refractivity contribution in [2.75, 3.05) is 13.7 Å². The Hall–Kier alpha value is -1.64. The van der Waals surface area contributed by atoms with Crippen molar-refractivity contribution in [2.24, 2.45) is 0 Å². The number of nitrogens with one attached hydrogen (secondary N) is 1. The van der Waals surface area contributed by atoms with Crippen molar-refractivity contribution in [3.63, 3.8) is 0 Å². The topological polar surface area (TPSA) is 21.3 Å². The number of hydrogen-bond acceptors (Lipinski definition) is 2. The minimum Gasteiger partial charge on any atom is -0.372 e. The summed E-state index contributed by atoms with van der Waals surface area (Å²) in [7, 11) is 2.02. The molecule has 0 fully saturated rings. The van der Waals surface area contributed by atoms with E-state index in [-0.39, 0.29) is 6.10 Å². The number of likely N-dealkylation sites (N-methyl/N-ethyl adjacent to an activating group) is 1. The summed E-state index contributed by atoms with van der Waals surface area (Å²) in [4.78, 5) is 0. The largest absolute Gasteiger partial charge is 0.372 e. The molecule has 0 bridgehead atoms. The first kappa shape index (κ1) is 13.3. The molecule has 0 saturated heterocycles. The fourth-order valence-electron chi connectivity index (χ4n) is 2.99. The molecule has 1 N–H and O–H groups in total. The molecule has 1 heterocycles. The second kappa shape index (κ2) is 6.21. The predicted octanol–water partition coefficient (Wildman–Crippen LogP) is 3.13. The van der Waals surface area contributed by atoms with Crippen molar-refractivity contribution in [3.05, 3.63) is 71.3 Å². The second-order valence-electron chi connectivity index (χ2n) is 5.33. The molecule has 0 amide bonds. The highest BCUT2D eigenvalue weighted by Gasteiger charge is 2.27. The standard InChI is InChI=1S/C18H21NO/c1-19-17(13-14-7-3-2-4-8-14)18-16-10-6-5-9-15(16)11-12-20-18/h2-10,17-19H,11-13H2,1H3. The molecule has 3 rings (SSSR count). The molecule has 1 aliphatic rings. The molecule has 2 aromatic rings. The van der Waals surface area contributed by atoms with Gasteiger partial charge in [0.05, 0.1) is 12.7 Å². The van der Waals surface area contributed by atoms with Gasteiger partial charge in [-0.3, -0.25) is 0 Å². The molecule has 20 heavy (non-hydrogen) atoms. The van der Waals surface area contributed by atoms with Gasteiger partial charge >= 0.3 is 0 Å². The van der Waals surface area contributed by atoms with Gasteiger partial charge in [-0.05, 0) is 36.6 Å². The molecule has 2 heteroatoms. The number of fused-ring (bicyclic) bond motifs is 1. The summed E-state index contributed by atoms with van der Waals surface area (Å²) >= 11 is 0. The van der Waals surface area contributed by atoms with Gasteiger partial charge in [-0.2, -0.15) is 0 Å². The highest BCUT2D eigenvalue weighted by Crippen LogP contribution is 2.30. The minimum absolute atomic E-state index is 0.144. The Morgan fingerprint density at radius 1 is 1.10 bits per heavy atom. The SMILES string of the molecule is CNC(Cc1ccccc1)C1OCCc2ccccc21. The normalized spacial score (nSPS) is 19.4. The van der Waals surface area contributed by atoms with Gasteiger partial charge in [-0.15, -0.1) is 0 Å². The van der Waals surface area contributed by atoms with Gasteiger partial charge in [0.1, 0.15) is 0 Å². The smallest absolute Gasteiger partial charge is 0.0983 e. The molecule has 0 radical (unpaired) electrons. The Balaban J connectivity index is 1.84. The second-order valence-corrected chi connectivity index (χ2v) is 5.33. The van der Waals surface area contributed by atoms with E-state index in [0.29, 0.717) is 6.04 Å². The Morgan fingerprint density at radius 2 is 1.85 bits per heavy atom. The van der Waals surface area contributed by atoms with E-state index in [0.717, 1.165) is 19.4 Å². The summed E-state index contributed by atoms with van der Waals surface area (Å²) in [6.45, 7) is 0.814. The van der Waals surface area contributed by atoms with Crippen molar-refractivity contribution in [1.29, 1.82) is 0 Å². The molecule has 2 aromatic carbocycles. The maximum Gasteiger partial charge on any atom is 0.0983 e. The average Bonchev–Trinajstić information content (AvgIpc) is 2.53. The van der Waals surface area contributed by atoms with Crippen LogP contribution >= 0.6 is 0 Å². The lowest BCUT2D eigenvalue weighted by molar-refractivity contribution is 0.0172. The van der Waals surface area contributed by atoms with E-state index in [9.17, 15) is 0 Å². The van der Waals surface area contributed by atoms with Gasteiger partial charge in [0.2, 0.25) is 0 Å². The third-order valence-electron chi connectivity index (χ3n) is 4.07. The summed E-state index contributed by atoms with van der Waals surface area (Å²) in [6, 6.07) is 19.6. The molecule has 0 spiro atoms.